The lowest BCUT2D eigenvalue weighted by Gasteiger charge is -2.39. The van der Waals surface area contributed by atoms with Crippen molar-refractivity contribution in [1.29, 1.82) is 0 Å². The second-order valence-electron chi connectivity index (χ2n) is 5.70. The minimum Gasteiger partial charge on any atom is -0.453 e. The van der Waals surface area contributed by atoms with Gasteiger partial charge in [0.05, 0.1) is 17.3 Å². The number of aliphatic hydroxyl groups excluding tert-OH is 3. The molecule has 1 aromatic carbocycles. The molecule has 23 heavy (non-hydrogen) atoms. The molecule has 0 bridgehead atoms. The first-order valence-electron chi connectivity index (χ1n) is 7.24. The van der Waals surface area contributed by atoms with Gasteiger partial charge in [0.15, 0.2) is 11.5 Å². The number of amides is 1. The van der Waals surface area contributed by atoms with Crippen LogP contribution in [0.4, 0.5) is 5.69 Å². The lowest BCUT2D eigenvalue weighted by molar-refractivity contribution is -0.0534. The normalized spacial score (nSPS) is 31.0. The van der Waals surface area contributed by atoms with Crippen LogP contribution in [-0.4, -0.2) is 59.4 Å². The molecule has 2 aliphatic heterocycles. The molecule has 0 spiro atoms. The van der Waals surface area contributed by atoms with E-state index >= 15 is 0 Å². The SMILES string of the molecule is CNc1c2c(cc3c1C(=O)N[C@@H]1C3=C[C@H](O)[C@@H](O)[C@H]1O)OCO2. The number of benzene rings is 1. The Morgan fingerprint density at radius 3 is 2.78 bits per heavy atom. The molecular weight excluding hydrogens is 304 g/mol. The van der Waals surface area contributed by atoms with Crippen LogP contribution in [0.15, 0.2) is 12.1 Å². The molecule has 1 aliphatic carbocycles. The maximum atomic E-state index is 12.5. The summed E-state index contributed by atoms with van der Waals surface area (Å²) in [5.41, 5.74) is 1.93. The second-order valence-corrected chi connectivity index (χ2v) is 5.70. The van der Waals surface area contributed by atoms with E-state index in [0.717, 1.165) is 0 Å². The summed E-state index contributed by atoms with van der Waals surface area (Å²) in [5.74, 6) is 0.544. The van der Waals surface area contributed by atoms with Gasteiger partial charge in [-0.3, -0.25) is 4.79 Å². The molecule has 1 amide bonds. The molecule has 4 atom stereocenters. The fraction of sp³-hybridized carbons (Fsp3) is 0.400. The Morgan fingerprint density at radius 2 is 2.04 bits per heavy atom. The molecule has 122 valence electrons. The predicted molar refractivity (Wildman–Crippen MR) is 79.4 cm³/mol. The van der Waals surface area contributed by atoms with E-state index in [2.05, 4.69) is 10.6 Å². The Labute approximate surface area is 131 Å². The van der Waals surface area contributed by atoms with Crippen molar-refractivity contribution >= 4 is 17.2 Å². The number of anilines is 1. The summed E-state index contributed by atoms with van der Waals surface area (Å²) in [4.78, 5) is 12.5. The Morgan fingerprint density at radius 1 is 1.26 bits per heavy atom. The number of rotatable bonds is 1. The summed E-state index contributed by atoms with van der Waals surface area (Å²) in [6, 6.07) is 0.867. The molecule has 0 saturated heterocycles. The molecule has 4 rings (SSSR count). The Balaban J connectivity index is 1.97. The van der Waals surface area contributed by atoms with E-state index in [-0.39, 0.29) is 6.79 Å². The van der Waals surface area contributed by atoms with Gasteiger partial charge in [0, 0.05) is 7.05 Å². The van der Waals surface area contributed by atoms with E-state index < -0.39 is 30.3 Å². The Kier molecular flexibility index (Phi) is 3.02. The number of nitrogens with one attached hydrogen (secondary N) is 2. The van der Waals surface area contributed by atoms with Gasteiger partial charge < -0.3 is 35.4 Å². The van der Waals surface area contributed by atoms with Crippen molar-refractivity contribution in [3.63, 3.8) is 0 Å². The highest BCUT2D eigenvalue weighted by atomic mass is 16.7. The third-order valence-electron chi connectivity index (χ3n) is 4.46. The molecule has 0 fully saturated rings. The molecule has 0 aromatic heterocycles. The molecule has 8 heteroatoms. The standard InChI is InChI=1S/C15H16N2O6/c1-16-11-9-5(3-8-14(11)23-4-22-8)6-2-7(18)12(19)13(20)10(6)17-15(9)21/h2-3,7,10,12-13,16,18-20H,4H2,1H3,(H,17,21)/t7-,10+,12+,13-/m0/s1. The maximum absolute atomic E-state index is 12.5. The van der Waals surface area contributed by atoms with Crippen molar-refractivity contribution in [3.05, 3.63) is 23.3 Å². The van der Waals surface area contributed by atoms with E-state index in [1.807, 2.05) is 0 Å². The number of carbonyl (C=O) groups excluding carboxylic acids is 1. The number of ether oxygens (including phenoxy) is 2. The van der Waals surface area contributed by atoms with Crippen molar-refractivity contribution in [2.75, 3.05) is 19.2 Å². The zero-order chi connectivity index (χ0) is 16.3. The first kappa shape index (κ1) is 14.3. The predicted octanol–water partition coefficient (Wildman–Crippen LogP) is -0.951. The van der Waals surface area contributed by atoms with Crippen molar-refractivity contribution < 1.29 is 29.6 Å². The van der Waals surface area contributed by atoms with Crippen molar-refractivity contribution in [2.45, 2.75) is 24.4 Å². The molecule has 3 aliphatic rings. The van der Waals surface area contributed by atoms with Crippen LogP contribution in [0.5, 0.6) is 11.5 Å². The van der Waals surface area contributed by atoms with E-state index in [4.69, 9.17) is 9.47 Å². The lowest BCUT2D eigenvalue weighted by Crippen LogP contribution is -2.57. The zero-order valence-corrected chi connectivity index (χ0v) is 12.2. The van der Waals surface area contributed by atoms with Crippen molar-refractivity contribution in [1.82, 2.24) is 5.32 Å². The average Bonchev–Trinajstić information content (AvgIpc) is 3.00. The van der Waals surface area contributed by atoms with Crippen LogP contribution in [0.1, 0.15) is 15.9 Å². The number of hydrogen-bond donors (Lipinski definition) is 5. The summed E-state index contributed by atoms with van der Waals surface area (Å²) >= 11 is 0. The first-order valence-corrected chi connectivity index (χ1v) is 7.24. The molecule has 0 unspecified atom stereocenters. The van der Waals surface area contributed by atoms with Gasteiger partial charge in [-0.05, 0) is 23.3 Å². The number of hydrogen-bond acceptors (Lipinski definition) is 7. The first-order chi connectivity index (χ1) is 11.0. The summed E-state index contributed by atoms with van der Waals surface area (Å²) in [6.45, 7) is 0.0565. The van der Waals surface area contributed by atoms with Gasteiger partial charge in [-0.2, -0.15) is 0 Å². The minimum absolute atomic E-state index is 0.0565. The quantitative estimate of drug-likeness (QED) is 0.452. The summed E-state index contributed by atoms with van der Waals surface area (Å²) in [5, 5.41) is 35.5. The van der Waals surface area contributed by atoms with Gasteiger partial charge in [0.25, 0.3) is 5.91 Å². The van der Waals surface area contributed by atoms with Gasteiger partial charge in [-0.15, -0.1) is 0 Å². The smallest absolute Gasteiger partial charge is 0.254 e. The second kappa shape index (κ2) is 4.85. The van der Waals surface area contributed by atoms with Gasteiger partial charge in [-0.25, -0.2) is 0 Å². The van der Waals surface area contributed by atoms with Crippen LogP contribution in [-0.2, 0) is 0 Å². The third kappa shape index (κ3) is 1.86. The molecule has 0 saturated carbocycles. The summed E-state index contributed by atoms with van der Waals surface area (Å²) in [7, 11) is 1.67. The molecular formula is C15H16N2O6. The number of carbonyl (C=O) groups is 1. The van der Waals surface area contributed by atoms with Gasteiger partial charge in [-0.1, -0.05) is 0 Å². The van der Waals surface area contributed by atoms with Crippen LogP contribution in [0, 0.1) is 0 Å². The molecule has 0 radical (unpaired) electrons. The number of fused-ring (bicyclic) bond motifs is 4. The van der Waals surface area contributed by atoms with E-state index in [0.29, 0.717) is 33.9 Å². The monoisotopic (exact) mass is 320 g/mol. The largest absolute Gasteiger partial charge is 0.453 e. The van der Waals surface area contributed by atoms with E-state index in [1.54, 1.807) is 13.1 Å². The van der Waals surface area contributed by atoms with E-state index in [9.17, 15) is 20.1 Å². The summed E-state index contributed by atoms with van der Waals surface area (Å²) < 4.78 is 10.8. The highest BCUT2D eigenvalue weighted by Gasteiger charge is 2.44. The van der Waals surface area contributed by atoms with Gasteiger partial charge in [0.2, 0.25) is 6.79 Å². The highest BCUT2D eigenvalue weighted by molar-refractivity contribution is 6.10. The molecule has 2 heterocycles. The topological polar surface area (TPSA) is 120 Å². The van der Waals surface area contributed by atoms with Crippen LogP contribution in [0.3, 0.4) is 0 Å². The fourth-order valence-corrected chi connectivity index (χ4v) is 3.35. The van der Waals surface area contributed by atoms with Crippen LogP contribution in [0.2, 0.25) is 0 Å². The Bertz CT molecular complexity index is 731. The highest BCUT2D eigenvalue weighted by Crippen LogP contribution is 2.47. The minimum atomic E-state index is -1.36. The fourth-order valence-electron chi connectivity index (χ4n) is 3.35. The lowest BCUT2D eigenvalue weighted by atomic mass is 9.79. The Hall–Kier alpha value is -2.29. The van der Waals surface area contributed by atoms with Gasteiger partial charge >= 0.3 is 0 Å². The van der Waals surface area contributed by atoms with Gasteiger partial charge in [0.1, 0.15) is 18.3 Å². The van der Waals surface area contributed by atoms with Crippen LogP contribution >= 0.6 is 0 Å². The average molecular weight is 320 g/mol. The van der Waals surface area contributed by atoms with Crippen LogP contribution < -0.4 is 20.1 Å². The van der Waals surface area contributed by atoms with Crippen molar-refractivity contribution in [3.8, 4) is 11.5 Å². The van der Waals surface area contributed by atoms with Crippen LogP contribution in [0.25, 0.3) is 5.57 Å². The number of aliphatic hydroxyl groups is 3. The molecule has 5 N–H and O–H groups in total. The summed E-state index contributed by atoms with van der Waals surface area (Å²) in [6.07, 6.45) is -2.43. The molecule has 8 nitrogen and oxygen atoms in total. The van der Waals surface area contributed by atoms with E-state index in [1.165, 1.54) is 6.08 Å². The maximum Gasteiger partial charge on any atom is 0.254 e. The third-order valence-corrected chi connectivity index (χ3v) is 4.46. The van der Waals surface area contributed by atoms with Crippen molar-refractivity contribution in [2.24, 2.45) is 0 Å². The zero-order valence-electron chi connectivity index (χ0n) is 12.2. The molecule has 1 aromatic rings.